The van der Waals surface area contributed by atoms with Crippen molar-refractivity contribution in [2.45, 2.75) is 52.9 Å². The van der Waals surface area contributed by atoms with Crippen LogP contribution in [-0.2, 0) is 4.43 Å². The normalized spacial score (nSPS) is 22.2. The summed E-state index contributed by atoms with van der Waals surface area (Å²) >= 11 is 0. The van der Waals surface area contributed by atoms with Gasteiger partial charge < -0.3 is 15.1 Å². The fourth-order valence-corrected chi connectivity index (χ4v) is 4.03. The van der Waals surface area contributed by atoms with E-state index in [2.05, 4.69) is 44.8 Å². The molecule has 2 rings (SSSR count). The average molecular weight is 331 g/mol. The maximum Gasteiger partial charge on any atom is 0.207 e. The predicted octanol–water partition coefficient (Wildman–Crippen LogP) is 4.00. The van der Waals surface area contributed by atoms with E-state index in [1.807, 2.05) is 12.1 Å². The van der Waals surface area contributed by atoms with E-state index in [-0.39, 0.29) is 11.6 Å². The molecule has 1 aromatic carbocycles. The molecule has 0 spiro atoms. The number of piperidine rings is 1. The van der Waals surface area contributed by atoms with E-state index >= 15 is 0 Å². The van der Waals surface area contributed by atoms with Crippen LogP contribution in [0.3, 0.4) is 0 Å². The zero-order valence-electron chi connectivity index (χ0n) is 14.9. The highest BCUT2D eigenvalue weighted by Gasteiger charge is 2.36. The topological polar surface area (TPSA) is 62.3 Å². The van der Waals surface area contributed by atoms with E-state index in [0.29, 0.717) is 17.2 Å². The third-order valence-corrected chi connectivity index (χ3v) is 5.34. The quantitative estimate of drug-likeness (QED) is 0.672. The summed E-state index contributed by atoms with van der Waals surface area (Å²) in [6, 6.07) is 7.86. The summed E-state index contributed by atoms with van der Waals surface area (Å²) in [7, 11) is -0.818. The van der Waals surface area contributed by atoms with E-state index in [0.717, 1.165) is 25.1 Å². The van der Waals surface area contributed by atoms with Crippen LogP contribution in [0.2, 0.25) is 13.1 Å². The second-order valence-electron chi connectivity index (χ2n) is 7.65. The monoisotopic (exact) mass is 330 g/mol. The zero-order chi connectivity index (χ0) is 17.2. The van der Waals surface area contributed by atoms with Gasteiger partial charge in [-0.1, -0.05) is 20.8 Å². The molecular formula is C18H28N3OSi. The van der Waals surface area contributed by atoms with Gasteiger partial charge in [-0.2, -0.15) is 5.26 Å². The van der Waals surface area contributed by atoms with E-state index in [1.54, 1.807) is 6.07 Å². The first-order valence-corrected chi connectivity index (χ1v) is 10.7. The molecule has 0 amide bonds. The van der Waals surface area contributed by atoms with Crippen LogP contribution in [0.1, 0.15) is 39.2 Å². The molecule has 1 heterocycles. The summed E-state index contributed by atoms with van der Waals surface area (Å²) in [4.78, 5) is 2.26. The molecule has 1 radical (unpaired) electrons. The van der Waals surface area contributed by atoms with Crippen LogP contribution in [-0.4, -0.2) is 21.8 Å². The van der Waals surface area contributed by atoms with Crippen LogP contribution >= 0.6 is 0 Å². The Morgan fingerprint density at radius 2 is 2.04 bits per heavy atom. The van der Waals surface area contributed by atoms with E-state index < -0.39 is 9.04 Å². The van der Waals surface area contributed by atoms with Crippen molar-refractivity contribution < 1.29 is 4.43 Å². The van der Waals surface area contributed by atoms with Crippen molar-refractivity contribution in [2.75, 3.05) is 17.2 Å². The Kier molecular flexibility index (Phi) is 5.38. The standard InChI is InChI=1S/C18H28N3OSi/c1-18(2,3)14-8-9-21(17(11-14)22-23(4)5)16-7-6-15(20)10-13(16)12-19/h6-7,10,14,17H,8-9,11,20H2,1-5H3. The lowest BCUT2D eigenvalue weighted by atomic mass is 9.74. The number of rotatable bonds is 3. The van der Waals surface area contributed by atoms with Crippen molar-refractivity contribution in [3.8, 4) is 6.07 Å². The molecule has 23 heavy (non-hydrogen) atoms. The molecule has 2 atom stereocenters. The molecule has 1 aliphatic heterocycles. The van der Waals surface area contributed by atoms with E-state index in [4.69, 9.17) is 10.2 Å². The SMILES string of the molecule is C[Si](C)OC1CC(C(C)(C)C)CCN1c1ccc(N)cc1C#N. The molecule has 1 saturated heterocycles. The van der Waals surface area contributed by atoms with Gasteiger partial charge in [0.05, 0.1) is 11.3 Å². The molecule has 5 heteroatoms. The summed E-state index contributed by atoms with van der Waals surface area (Å²) in [6.45, 7) is 12.2. The molecule has 0 bridgehead atoms. The minimum atomic E-state index is -0.818. The van der Waals surface area contributed by atoms with Gasteiger partial charge in [0.15, 0.2) is 0 Å². The number of nitrogens with zero attached hydrogens (tertiary/aromatic N) is 2. The van der Waals surface area contributed by atoms with Crippen molar-refractivity contribution in [1.29, 1.82) is 5.26 Å². The first kappa shape index (κ1) is 17.8. The maximum absolute atomic E-state index is 9.46. The molecule has 2 N–H and O–H groups in total. The van der Waals surface area contributed by atoms with Crippen molar-refractivity contribution >= 4 is 20.4 Å². The number of hydrogen-bond acceptors (Lipinski definition) is 4. The zero-order valence-corrected chi connectivity index (χ0v) is 15.9. The highest BCUT2D eigenvalue weighted by molar-refractivity contribution is 6.48. The number of anilines is 2. The molecule has 2 unspecified atom stereocenters. The first-order chi connectivity index (χ1) is 10.7. The fourth-order valence-electron chi connectivity index (χ4n) is 3.27. The number of hydrogen-bond donors (Lipinski definition) is 1. The van der Waals surface area contributed by atoms with E-state index in [9.17, 15) is 5.26 Å². The van der Waals surface area contributed by atoms with Crippen molar-refractivity contribution in [3.63, 3.8) is 0 Å². The predicted molar refractivity (Wildman–Crippen MR) is 97.4 cm³/mol. The van der Waals surface area contributed by atoms with Gasteiger partial charge in [0.2, 0.25) is 9.04 Å². The van der Waals surface area contributed by atoms with Gasteiger partial charge in [0.25, 0.3) is 0 Å². The minimum Gasteiger partial charge on any atom is -0.399 e. The summed E-state index contributed by atoms with van der Waals surface area (Å²) < 4.78 is 6.30. The number of nitrogens with two attached hydrogens (primary N) is 1. The summed E-state index contributed by atoms with van der Waals surface area (Å²) in [5.74, 6) is 0.629. The van der Waals surface area contributed by atoms with Gasteiger partial charge in [0.1, 0.15) is 12.3 Å². The van der Waals surface area contributed by atoms with Gasteiger partial charge in [0, 0.05) is 12.2 Å². The molecule has 1 fully saturated rings. The van der Waals surface area contributed by atoms with Gasteiger partial charge in [-0.15, -0.1) is 0 Å². The van der Waals surface area contributed by atoms with Crippen LogP contribution < -0.4 is 10.6 Å². The van der Waals surface area contributed by atoms with Crippen LogP contribution in [0.4, 0.5) is 11.4 Å². The molecule has 1 aromatic rings. The summed E-state index contributed by atoms with van der Waals surface area (Å²) in [6.07, 6.45) is 2.18. The molecule has 0 aromatic heterocycles. The third-order valence-electron chi connectivity index (χ3n) is 4.60. The Balaban J connectivity index is 2.32. The Hall–Kier alpha value is -1.51. The Labute approximate surface area is 142 Å². The largest absolute Gasteiger partial charge is 0.399 e. The Bertz CT molecular complexity index is 589. The average Bonchev–Trinajstić information content (AvgIpc) is 2.46. The number of benzene rings is 1. The fraction of sp³-hybridized carbons (Fsp3) is 0.611. The van der Waals surface area contributed by atoms with Gasteiger partial charge in [-0.3, -0.25) is 0 Å². The summed E-state index contributed by atoms with van der Waals surface area (Å²) in [5, 5.41) is 9.46. The van der Waals surface area contributed by atoms with Gasteiger partial charge >= 0.3 is 0 Å². The lowest BCUT2D eigenvalue weighted by Crippen LogP contribution is -2.48. The molecule has 0 aliphatic carbocycles. The van der Waals surface area contributed by atoms with Crippen LogP contribution in [0, 0.1) is 22.7 Å². The highest BCUT2D eigenvalue weighted by atomic mass is 28.3. The second-order valence-corrected chi connectivity index (χ2v) is 9.70. The van der Waals surface area contributed by atoms with Crippen LogP contribution in [0.15, 0.2) is 18.2 Å². The number of nitriles is 1. The molecule has 125 valence electrons. The Morgan fingerprint density at radius 3 is 2.61 bits per heavy atom. The minimum absolute atomic E-state index is 0.0487. The third kappa shape index (κ3) is 4.27. The second kappa shape index (κ2) is 6.94. The van der Waals surface area contributed by atoms with Crippen molar-refractivity contribution in [3.05, 3.63) is 23.8 Å². The Morgan fingerprint density at radius 1 is 1.35 bits per heavy atom. The van der Waals surface area contributed by atoms with E-state index in [1.165, 1.54) is 0 Å². The molecule has 1 aliphatic rings. The van der Waals surface area contributed by atoms with Crippen molar-refractivity contribution in [1.82, 2.24) is 0 Å². The highest BCUT2D eigenvalue weighted by Crippen LogP contribution is 2.39. The van der Waals surface area contributed by atoms with Crippen LogP contribution in [0.5, 0.6) is 0 Å². The molecule has 0 saturated carbocycles. The molecule has 4 nitrogen and oxygen atoms in total. The first-order valence-electron chi connectivity index (χ1n) is 8.25. The van der Waals surface area contributed by atoms with Gasteiger partial charge in [-0.25, -0.2) is 0 Å². The lowest BCUT2D eigenvalue weighted by Gasteiger charge is -2.45. The lowest BCUT2D eigenvalue weighted by molar-refractivity contribution is 0.0850. The number of nitrogen functional groups attached to an aromatic ring is 1. The van der Waals surface area contributed by atoms with Crippen LogP contribution in [0.25, 0.3) is 0 Å². The molecular weight excluding hydrogens is 302 g/mol. The smallest absolute Gasteiger partial charge is 0.207 e. The summed E-state index contributed by atoms with van der Waals surface area (Å²) in [5.41, 5.74) is 8.32. The maximum atomic E-state index is 9.46. The van der Waals surface area contributed by atoms with Crippen molar-refractivity contribution in [2.24, 2.45) is 11.3 Å². The van der Waals surface area contributed by atoms with Gasteiger partial charge in [-0.05, 0) is 55.5 Å².